The summed E-state index contributed by atoms with van der Waals surface area (Å²) in [6, 6.07) is 15.2. The van der Waals surface area contributed by atoms with Gasteiger partial charge in [0, 0.05) is 25.2 Å². The fraction of sp³-hybridized carbons (Fsp3) is 0.333. The number of rotatable bonds is 10. The van der Waals surface area contributed by atoms with Crippen LogP contribution in [0, 0.1) is 6.92 Å². The van der Waals surface area contributed by atoms with Gasteiger partial charge in [0.1, 0.15) is 5.75 Å². The van der Waals surface area contributed by atoms with Gasteiger partial charge in [0.25, 0.3) is 5.91 Å². The lowest BCUT2D eigenvalue weighted by Gasteiger charge is -2.09. The van der Waals surface area contributed by atoms with Gasteiger partial charge >= 0.3 is 0 Å². The van der Waals surface area contributed by atoms with Crippen molar-refractivity contribution in [1.29, 1.82) is 0 Å². The Morgan fingerprint density at radius 2 is 1.78 bits per heavy atom. The molecule has 0 aliphatic rings. The van der Waals surface area contributed by atoms with Crippen LogP contribution in [0.15, 0.2) is 48.5 Å². The van der Waals surface area contributed by atoms with Crippen LogP contribution < -0.4 is 20.7 Å². The molecule has 27 heavy (non-hydrogen) atoms. The van der Waals surface area contributed by atoms with Crippen molar-refractivity contribution in [3.63, 3.8) is 0 Å². The maximum atomic E-state index is 12.0. The number of aryl methyl sites for hydroxylation is 1. The molecule has 0 radical (unpaired) electrons. The predicted octanol–water partition coefficient (Wildman–Crippen LogP) is 2.28. The van der Waals surface area contributed by atoms with Crippen molar-refractivity contribution in [2.24, 2.45) is 0 Å². The summed E-state index contributed by atoms with van der Waals surface area (Å²) in [7, 11) is 1.82. The Morgan fingerprint density at radius 3 is 2.48 bits per heavy atom. The van der Waals surface area contributed by atoms with Crippen LogP contribution in [-0.4, -0.2) is 38.6 Å². The number of ether oxygens (including phenoxy) is 1. The standard InChI is InChI=1S/C21H27N3O3/c1-16-4-3-5-18(14-16)24-21(26)15-27-19-8-6-17(7-9-19)10-13-23-20(25)11-12-22-2/h3-9,14,22H,10-13,15H2,1-2H3,(H,23,25)(H,24,26). The number of anilines is 1. The molecule has 6 nitrogen and oxygen atoms in total. The molecule has 0 atom stereocenters. The number of hydrogen-bond donors (Lipinski definition) is 3. The highest BCUT2D eigenvalue weighted by Gasteiger charge is 2.05. The van der Waals surface area contributed by atoms with Crippen LogP contribution in [0.25, 0.3) is 0 Å². The second kappa shape index (κ2) is 11.0. The van der Waals surface area contributed by atoms with Crippen LogP contribution in [0.2, 0.25) is 0 Å². The Balaban J connectivity index is 1.70. The first-order chi connectivity index (χ1) is 13.1. The third kappa shape index (κ3) is 7.92. The number of nitrogens with one attached hydrogen (secondary N) is 3. The van der Waals surface area contributed by atoms with E-state index in [2.05, 4.69) is 16.0 Å². The maximum Gasteiger partial charge on any atom is 0.262 e. The normalized spacial score (nSPS) is 10.3. The largest absolute Gasteiger partial charge is 0.484 e. The van der Waals surface area contributed by atoms with Crippen LogP contribution in [0.1, 0.15) is 17.5 Å². The Bertz CT molecular complexity index is 745. The Labute approximate surface area is 160 Å². The van der Waals surface area contributed by atoms with Crippen LogP contribution in [0.4, 0.5) is 5.69 Å². The van der Waals surface area contributed by atoms with E-state index in [1.54, 1.807) is 0 Å². The summed E-state index contributed by atoms with van der Waals surface area (Å²) in [5.74, 6) is 0.481. The van der Waals surface area contributed by atoms with Crippen LogP contribution in [-0.2, 0) is 16.0 Å². The van der Waals surface area contributed by atoms with E-state index >= 15 is 0 Å². The molecular formula is C21H27N3O3. The molecule has 0 unspecified atom stereocenters. The maximum absolute atomic E-state index is 12.0. The monoisotopic (exact) mass is 369 g/mol. The average molecular weight is 369 g/mol. The highest BCUT2D eigenvalue weighted by molar-refractivity contribution is 5.91. The van der Waals surface area contributed by atoms with Gasteiger partial charge in [0.15, 0.2) is 6.61 Å². The highest BCUT2D eigenvalue weighted by Crippen LogP contribution is 2.13. The molecule has 0 aliphatic carbocycles. The SMILES string of the molecule is CNCCC(=O)NCCc1ccc(OCC(=O)Nc2cccc(C)c2)cc1. The smallest absolute Gasteiger partial charge is 0.262 e. The molecule has 0 bridgehead atoms. The summed E-state index contributed by atoms with van der Waals surface area (Å²) >= 11 is 0. The van der Waals surface area contributed by atoms with Crippen molar-refractivity contribution in [3.8, 4) is 5.75 Å². The minimum atomic E-state index is -0.200. The zero-order valence-corrected chi connectivity index (χ0v) is 15.9. The van der Waals surface area contributed by atoms with Crippen LogP contribution in [0.5, 0.6) is 5.75 Å². The topological polar surface area (TPSA) is 79.5 Å². The van der Waals surface area contributed by atoms with Crippen molar-refractivity contribution in [3.05, 3.63) is 59.7 Å². The van der Waals surface area contributed by atoms with Crippen molar-refractivity contribution < 1.29 is 14.3 Å². The van der Waals surface area contributed by atoms with E-state index in [1.165, 1.54) is 0 Å². The number of amides is 2. The van der Waals surface area contributed by atoms with Crippen LogP contribution >= 0.6 is 0 Å². The van der Waals surface area contributed by atoms with Gasteiger partial charge in [-0.05, 0) is 55.8 Å². The van der Waals surface area contributed by atoms with Gasteiger partial charge in [-0.3, -0.25) is 9.59 Å². The van der Waals surface area contributed by atoms with E-state index < -0.39 is 0 Å². The number of benzene rings is 2. The fourth-order valence-electron chi connectivity index (χ4n) is 2.49. The summed E-state index contributed by atoms with van der Waals surface area (Å²) < 4.78 is 5.52. The summed E-state index contributed by atoms with van der Waals surface area (Å²) in [6.07, 6.45) is 1.23. The lowest BCUT2D eigenvalue weighted by Crippen LogP contribution is -2.28. The van der Waals surface area contributed by atoms with Crippen molar-refractivity contribution in [2.75, 3.05) is 32.1 Å². The molecule has 0 fully saturated rings. The van der Waals surface area contributed by atoms with Crippen molar-refractivity contribution in [2.45, 2.75) is 19.8 Å². The minimum Gasteiger partial charge on any atom is -0.484 e. The van der Waals surface area contributed by atoms with Gasteiger partial charge in [0.2, 0.25) is 5.91 Å². The van der Waals surface area contributed by atoms with E-state index in [0.29, 0.717) is 25.3 Å². The van der Waals surface area contributed by atoms with E-state index in [9.17, 15) is 9.59 Å². The minimum absolute atomic E-state index is 0.0453. The molecule has 6 heteroatoms. The lowest BCUT2D eigenvalue weighted by molar-refractivity contribution is -0.121. The number of carbonyl (C=O) groups excluding carboxylic acids is 2. The first kappa shape index (κ1) is 20.5. The number of carbonyl (C=O) groups is 2. The van der Waals surface area contributed by atoms with Crippen LogP contribution in [0.3, 0.4) is 0 Å². The molecule has 3 N–H and O–H groups in total. The lowest BCUT2D eigenvalue weighted by atomic mass is 10.1. The Hall–Kier alpha value is -2.86. The molecule has 2 rings (SSSR count). The second-order valence-electron chi connectivity index (χ2n) is 6.30. The summed E-state index contributed by atoms with van der Waals surface area (Å²) in [5.41, 5.74) is 2.94. The third-order valence-corrected chi connectivity index (χ3v) is 3.93. The van der Waals surface area contributed by atoms with E-state index in [0.717, 1.165) is 23.2 Å². The van der Waals surface area contributed by atoms with E-state index in [1.807, 2.05) is 62.5 Å². The third-order valence-electron chi connectivity index (χ3n) is 3.93. The molecule has 2 amide bonds. The average Bonchev–Trinajstić information content (AvgIpc) is 2.66. The number of hydrogen-bond acceptors (Lipinski definition) is 4. The molecule has 144 valence electrons. The molecule has 0 aliphatic heterocycles. The van der Waals surface area contributed by atoms with E-state index in [4.69, 9.17) is 4.74 Å². The summed E-state index contributed by atoms with van der Waals surface area (Å²) in [5, 5.41) is 8.64. The Kier molecular flexibility index (Phi) is 8.32. The predicted molar refractivity (Wildman–Crippen MR) is 107 cm³/mol. The Morgan fingerprint density at radius 1 is 1.00 bits per heavy atom. The molecule has 0 heterocycles. The molecule has 0 aromatic heterocycles. The van der Waals surface area contributed by atoms with Gasteiger partial charge < -0.3 is 20.7 Å². The first-order valence-corrected chi connectivity index (χ1v) is 9.06. The zero-order chi connectivity index (χ0) is 19.5. The zero-order valence-electron chi connectivity index (χ0n) is 15.9. The molecule has 0 saturated heterocycles. The second-order valence-corrected chi connectivity index (χ2v) is 6.30. The molecule has 0 saturated carbocycles. The molecular weight excluding hydrogens is 342 g/mol. The van der Waals surface area contributed by atoms with Crippen molar-refractivity contribution in [1.82, 2.24) is 10.6 Å². The molecule has 2 aromatic rings. The molecule has 0 spiro atoms. The quantitative estimate of drug-likeness (QED) is 0.600. The van der Waals surface area contributed by atoms with Gasteiger partial charge in [-0.15, -0.1) is 0 Å². The van der Waals surface area contributed by atoms with Gasteiger partial charge in [-0.2, -0.15) is 0 Å². The van der Waals surface area contributed by atoms with Crippen molar-refractivity contribution >= 4 is 17.5 Å². The van der Waals surface area contributed by atoms with Gasteiger partial charge in [0.05, 0.1) is 0 Å². The first-order valence-electron chi connectivity index (χ1n) is 9.06. The molecule has 2 aromatic carbocycles. The van der Waals surface area contributed by atoms with Gasteiger partial charge in [-0.25, -0.2) is 0 Å². The fourth-order valence-corrected chi connectivity index (χ4v) is 2.49. The van der Waals surface area contributed by atoms with Gasteiger partial charge in [-0.1, -0.05) is 24.3 Å². The summed E-state index contributed by atoms with van der Waals surface area (Å²) in [6.45, 7) is 3.20. The summed E-state index contributed by atoms with van der Waals surface area (Å²) in [4.78, 5) is 23.5. The van der Waals surface area contributed by atoms with E-state index in [-0.39, 0.29) is 18.4 Å². The highest BCUT2D eigenvalue weighted by atomic mass is 16.5.